The molecular formula is C10H22OSi. The van der Waals surface area contributed by atoms with E-state index in [9.17, 15) is 0 Å². The molecule has 1 nitrogen and oxygen atoms in total. The van der Waals surface area contributed by atoms with Gasteiger partial charge in [0.15, 0.2) is 9.04 Å². The predicted octanol–water partition coefficient (Wildman–Crippen LogP) is 2.86. The first-order chi connectivity index (χ1) is 5.77. The van der Waals surface area contributed by atoms with Gasteiger partial charge < -0.3 is 4.80 Å². The second kappa shape index (κ2) is 9.01. The zero-order chi connectivity index (χ0) is 9.23. The van der Waals surface area contributed by atoms with Crippen LogP contribution < -0.4 is 0 Å². The van der Waals surface area contributed by atoms with Crippen LogP contribution in [0.15, 0.2) is 12.2 Å². The molecule has 0 radical (unpaired) electrons. The highest BCUT2D eigenvalue weighted by Crippen LogP contribution is 2.03. The molecule has 1 atom stereocenters. The first-order valence-corrected chi connectivity index (χ1v) is 7.59. The van der Waals surface area contributed by atoms with Gasteiger partial charge in [0, 0.05) is 0 Å². The molecule has 2 heteroatoms. The average Bonchev–Trinajstić information content (AvgIpc) is 2.02. The minimum Gasteiger partial charge on any atom is -0.435 e. The third-order valence-corrected chi connectivity index (χ3v) is 3.11. The average molecular weight is 186 g/mol. The second-order valence-corrected chi connectivity index (χ2v) is 5.67. The first kappa shape index (κ1) is 11.9. The summed E-state index contributed by atoms with van der Waals surface area (Å²) < 4.78 is 0. The van der Waals surface area contributed by atoms with E-state index in [1.54, 1.807) is 0 Å². The topological polar surface area (TPSA) is 20.2 Å². The van der Waals surface area contributed by atoms with Gasteiger partial charge in [0.2, 0.25) is 0 Å². The Balaban J connectivity index is 3.00. The molecule has 1 N–H and O–H groups in total. The van der Waals surface area contributed by atoms with Crippen molar-refractivity contribution in [2.45, 2.75) is 51.6 Å². The molecule has 0 bridgehead atoms. The van der Waals surface area contributed by atoms with E-state index in [1.807, 2.05) is 6.55 Å². The molecule has 0 aliphatic rings. The maximum absolute atomic E-state index is 9.11. The van der Waals surface area contributed by atoms with Crippen molar-refractivity contribution in [1.29, 1.82) is 0 Å². The Morgan fingerprint density at radius 3 is 2.42 bits per heavy atom. The summed E-state index contributed by atoms with van der Waals surface area (Å²) in [6.45, 7) is 4.19. The van der Waals surface area contributed by atoms with Crippen LogP contribution in [-0.2, 0) is 0 Å². The Bertz CT molecular complexity index is 110. The minimum absolute atomic E-state index is 1.08. The second-order valence-electron chi connectivity index (χ2n) is 3.39. The Kier molecular flexibility index (Phi) is 8.95. The van der Waals surface area contributed by atoms with E-state index in [1.165, 1.54) is 32.1 Å². The lowest BCUT2D eigenvalue weighted by Crippen LogP contribution is -2.03. The molecule has 0 heterocycles. The highest BCUT2D eigenvalue weighted by Gasteiger charge is 1.95. The summed E-state index contributed by atoms with van der Waals surface area (Å²) in [4.78, 5) is 9.11. The van der Waals surface area contributed by atoms with Crippen molar-refractivity contribution in [1.82, 2.24) is 0 Å². The lowest BCUT2D eigenvalue weighted by Gasteiger charge is -1.99. The summed E-state index contributed by atoms with van der Waals surface area (Å²) in [5.74, 6) is 0. The van der Waals surface area contributed by atoms with E-state index in [0.717, 1.165) is 6.04 Å². The van der Waals surface area contributed by atoms with E-state index >= 15 is 0 Å². The highest BCUT2D eigenvalue weighted by atomic mass is 28.3. The van der Waals surface area contributed by atoms with Gasteiger partial charge in [-0.3, -0.25) is 0 Å². The molecule has 0 amide bonds. The van der Waals surface area contributed by atoms with Crippen LogP contribution in [0.5, 0.6) is 0 Å². The monoisotopic (exact) mass is 186 g/mol. The van der Waals surface area contributed by atoms with Crippen LogP contribution in [0.3, 0.4) is 0 Å². The summed E-state index contributed by atoms with van der Waals surface area (Å²) in [6, 6.07) is 1.08. The van der Waals surface area contributed by atoms with E-state index in [0.29, 0.717) is 0 Å². The molecule has 72 valence electrons. The third kappa shape index (κ3) is 9.92. The van der Waals surface area contributed by atoms with Crippen molar-refractivity contribution in [2.75, 3.05) is 0 Å². The SMILES string of the molecule is CCCC=CCCCC[SiH](C)O. The molecule has 0 fully saturated rings. The number of hydrogen-bond donors (Lipinski definition) is 1. The summed E-state index contributed by atoms with van der Waals surface area (Å²) in [6.07, 6.45) is 10.6. The summed E-state index contributed by atoms with van der Waals surface area (Å²) in [5.41, 5.74) is 0. The van der Waals surface area contributed by atoms with Crippen molar-refractivity contribution in [3.05, 3.63) is 12.2 Å². The molecule has 0 aliphatic heterocycles. The Morgan fingerprint density at radius 1 is 1.17 bits per heavy atom. The molecule has 1 unspecified atom stereocenters. The van der Waals surface area contributed by atoms with Gasteiger partial charge in [-0.25, -0.2) is 0 Å². The molecule has 0 aromatic carbocycles. The third-order valence-electron chi connectivity index (χ3n) is 1.86. The van der Waals surface area contributed by atoms with E-state index in [-0.39, 0.29) is 0 Å². The van der Waals surface area contributed by atoms with Crippen LogP contribution in [0.1, 0.15) is 39.0 Å². The Morgan fingerprint density at radius 2 is 1.83 bits per heavy atom. The zero-order valence-electron chi connectivity index (χ0n) is 8.42. The van der Waals surface area contributed by atoms with Gasteiger partial charge in [-0.1, -0.05) is 38.3 Å². The lowest BCUT2D eigenvalue weighted by molar-refractivity contribution is 0.569. The van der Waals surface area contributed by atoms with E-state index < -0.39 is 9.04 Å². The number of allylic oxidation sites excluding steroid dienone is 2. The summed E-state index contributed by atoms with van der Waals surface area (Å²) in [7, 11) is -1.26. The molecule has 0 aromatic rings. The van der Waals surface area contributed by atoms with Gasteiger partial charge in [0.1, 0.15) is 0 Å². The Labute approximate surface area is 78.2 Å². The van der Waals surface area contributed by atoms with Crippen molar-refractivity contribution in [3.8, 4) is 0 Å². The van der Waals surface area contributed by atoms with Crippen LogP contribution in [0.25, 0.3) is 0 Å². The van der Waals surface area contributed by atoms with Crippen LogP contribution in [0, 0.1) is 0 Å². The molecule has 0 aromatic heterocycles. The van der Waals surface area contributed by atoms with Gasteiger partial charge in [-0.2, -0.15) is 0 Å². The fraction of sp³-hybridized carbons (Fsp3) is 0.800. The van der Waals surface area contributed by atoms with Crippen molar-refractivity contribution < 1.29 is 4.80 Å². The van der Waals surface area contributed by atoms with Gasteiger partial charge in [-0.15, -0.1) is 0 Å². The molecule has 0 saturated carbocycles. The van der Waals surface area contributed by atoms with Gasteiger partial charge >= 0.3 is 0 Å². The largest absolute Gasteiger partial charge is 0.435 e. The Hall–Kier alpha value is -0.0831. The number of unbranched alkanes of at least 4 members (excludes halogenated alkanes) is 3. The van der Waals surface area contributed by atoms with Crippen LogP contribution in [0.4, 0.5) is 0 Å². The van der Waals surface area contributed by atoms with Crippen molar-refractivity contribution >= 4 is 9.04 Å². The lowest BCUT2D eigenvalue weighted by atomic mass is 10.2. The highest BCUT2D eigenvalue weighted by molar-refractivity contribution is 6.48. The first-order valence-electron chi connectivity index (χ1n) is 5.10. The zero-order valence-corrected chi connectivity index (χ0v) is 9.58. The normalized spacial score (nSPS) is 13.9. The van der Waals surface area contributed by atoms with Crippen LogP contribution >= 0.6 is 0 Å². The van der Waals surface area contributed by atoms with Gasteiger partial charge in [0.05, 0.1) is 0 Å². The summed E-state index contributed by atoms with van der Waals surface area (Å²) in [5, 5.41) is 0. The smallest absolute Gasteiger partial charge is 0.169 e. The maximum atomic E-state index is 9.11. The molecule has 0 spiro atoms. The van der Waals surface area contributed by atoms with Crippen LogP contribution in [0.2, 0.25) is 12.6 Å². The molecule has 12 heavy (non-hydrogen) atoms. The molecule has 0 rings (SSSR count). The quantitative estimate of drug-likeness (QED) is 0.368. The maximum Gasteiger partial charge on any atom is 0.169 e. The fourth-order valence-electron chi connectivity index (χ4n) is 1.10. The van der Waals surface area contributed by atoms with E-state index in [2.05, 4.69) is 19.1 Å². The van der Waals surface area contributed by atoms with E-state index in [4.69, 9.17) is 4.80 Å². The minimum atomic E-state index is -1.26. The van der Waals surface area contributed by atoms with Gasteiger partial charge in [-0.05, 0) is 25.4 Å². The fourth-order valence-corrected chi connectivity index (χ4v) is 1.98. The predicted molar refractivity (Wildman–Crippen MR) is 57.9 cm³/mol. The molecule has 0 saturated heterocycles. The summed E-state index contributed by atoms with van der Waals surface area (Å²) >= 11 is 0. The number of hydrogen-bond acceptors (Lipinski definition) is 1. The van der Waals surface area contributed by atoms with Crippen molar-refractivity contribution in [3.63, 3.8) is 0 Å². The number of rotatable bonds is 7. The molecule has 0 aliphatic carbocycles. The van der Waals surface area contributed by atoms with Gasteiger partial charge in [0.25, 0.3) is 0 Å². The molecular weight excluding hydrogens is 164 g/mol. The van der Waals surface area contributed by atoms with Crippen LogP contribution in [-0.4, -0.2) is 13.8 Å². The standard InChI is InChI=1S/C10H22OSi/c1-3-4-5-6-7-8-9-10-12(2)11/h5-6,11-12H,3-4,7-10H2,1-2H3. The van der Waals surface area contributed by atoms with Crippen molar-refractivity contribution in [2.24, 2.45) is 0 Å².